The molecular formula is C23H20ClF4NO4. The summed E-state index contributed by atoms with van der Waals surface area (Å²) in [6.07, 6.45) is -0.809. The topological polar surface area (TPSA) is 65.5 Å². The van der Waals surface area contributed by atoms with Gasteiger partial charge in [-0.2, -0.15) is 13.2 Å². The Kier molecular flexibility index (Phi) is 6.11. The predicted molar refractivity (Wildman–Crippen MR) is 110 cm³/mol. The number of ketones is 2. The molecule has 0 radical (unpaired) electrons. The molecule has 0 aliphatic heterocycles. The zero-order valence-corrected chi connectivity index (χ0v) is 18.1. The first-order valence-electron chi connectivity index (χ1n) is 10.3. The van der Waals surface area contributed by atoms with Crippen molar-refractivity contribution < 1.29 is 36.6 Å². The van der Waals surface area contributed by atoms with Gasteiger partial charge in [0, 0.05) is 36.6 Å². The average Bonchev–Trinajstić information content (AvgIpc) is 2.69. The third-order valence-electron chi connectivity index (χ3n) is 6.14. The van der Waals surface area contributed by atoms with Gasteiger partial charge in [0.25, 0.3) is 0 Å². The Labute approximate surface area is 192 Å². The molecule has 0 saturated heterocycles. The van der Waals surface area contributed by atoms with Crippen LogP contribution < -0.4 is 9.47 Å². The first kappa shape index (κ1) is 23.5. The number of Topliss-reactive ketones (excluding diaryl/α,β-unsaturated/α-hetero) is 2. The van der Waals surface area contributed by atoms with Crippen LogP contribution in [0.4, 0.5) is 17.6 Å². The molecule has 1 aromatic carbocycles. The molecule has 3 aliphatic rings. The molecule has 2 aromatic rings. The molecule has 1 aromatic heterocycles. The number of hydrogen-bond donors (Lipinski definition) is 0. The maximum Gasteiger partial charge on any atom is 0.422 e. The van der Waals surface area contributed by atoms with E-state index in [1.807, 2.05) is 0 Å². The van der Waals surface area contributed by atoms with Crippen LogP contribution in [0, 0.1) is 16.6 Å². The molecule has 0 unspecified atom stereocenters. The summed E-state index contributed by atoms with van der Waals surface area (Å²) in [4.78, 5) is 28.8. The first-order valence-corrected chi connectivity index (χ1v) is 10.6. The second-order valence-corrected chi connectivity index (χ2v) is 9.31. The Hall–Kier alpha value is -2.68. The van der Waals surface area contributed by atoms with Crippen LogP contribution in [-0.2, 0) is 16.0 Å². The van der Waals surface area contributed by atoms with E-state index in [0.717, 1.165) is 6.07 Å². The fraction of sp³-hybridized carbons (Fsp3) is 0.435. The van der Waals surface area contributed by atoms with Gasteiger partial charge in [0.1, 0.15) is 24.0 Å². The van der Waals surface area contributed by atoms with Gasteiger partial charge in [-0.15, -0.1) is 0 Å². The number of rotatable bonds is 10. The summed E-state index contributed by atoms with van der Waals surface area (Å²) in [5.74, 6) is -0.645. The van der Waals surface area contributed by atoms with Crippen LogP contribution in [0.5, 0.6) is 11.6 Å². The van der Waals surface area contributed by atoms with Gasteiger partial charge in [-0.05, 0) is 42.4 Å². The van der Waals surface area contributed by atoms with Crippen LogP contribution >= 0.6 is 11.6 Å². The number of pyridine rings is 1. The second-order valence-electron chi connectivity index (χ2n) is 8.90. The van der Waals surface area contributed by atoms with Gasteiger partial charge in [0.2, 0.25) is 5.88 Å². The third kappa shape index (κ3) is 5.29. The quantitative estimate of drug-likeness (QED) is 0.436. The van der Waals surface area contributed by atoms with Crippen LogP contribution in [0.25, 0.3) is 0 Å². The smallest absolute Gasteiger partial charge is 0.422 e. The SMILES string of the molecule is O=C(COc1ccc(Cl)c(F)c1)CC12CC(C(=O)Cc3ccc(OCC(F)(F)F)nc3)(C1)C2. The predicted octanol–water partition coefficient (Wildman–Crippen LogP) is 5.14. The maximum atomic E-state index is 13.4. The summed E-state index contributed by atoms with van der Waals surface area (Å²) in [5.41, 5.74) is -0.0290. The van der Waals surface area contributed by atoms with E-state index in [-0.39, 0.29) is 46.7 Å². The Morgan fingerprint density at radius 3 is 2.42 bits per heavy atom. The van der Waals surface area contributed by atoms with Gasteiger partial charge in [-0.1, -0.05) is 17.7 Å². The molecule has 1 heterocycles. The highest BCUT2D eigenvalue weighted by Crippen LogP contribution is 2.75. The summed E-state index contributed by atoms with van der Waals surface area (Å²) in [6.45, 7) is -1.61. The summed E-state index contributed by atoms with van der Waals surface area (Å²) in [7, 11) is 0. The summed E-state index contributed by atoms with van der Waals surface area (Å²) >= 11 is 5.61. The van der Waals surface area contributed by atoms with E-state index in [9.17, 15) is 27.2 Å². The van der Waals surface area contributed by atoms with Gasteiger partial charge >= 0.3 is 6.18 Å². The minimum atomic E-state index is -4.45. The molecule has 0 atom stereocenters. The molecule has 5 nitrogen and oxygen atoms in total. The van der Waals surface area contributed by atoms with Crippen molar-refractivity contribution in [3.63, 3.8) is 0 Å². The van der Waals surface area contributed by atoms with Crippen molar-refractivity contribution in [2.75, 3.05) is 13.2 Å². The Morgan fingerprint density at radius 2 is 1.82 bits per heavy atom. The lowest BCUT2D eigenvalue weighted by atomic mass is 9.33. The zero-order chi connectivity index (χ0) is 23.9. The minimum absolute atomic E-state index is 0.0287. The molecule has 5 rings (SSSR count). The van der Waals surface area contributed by atoms with Crippen LogP contribution in [0.2, 0.25) is 5.02 Å². The molecular weight excluding hydrogens is 466 g/mol. The van der Waals surface area contributed by atoms with E-state index in [1.54, 1.807) is 0 Å². The maximum absolute atomic E-state index is 13.4. The molecule has 3 aliphatic carbocycles. The lowest BCUT2D eigenvalue weighted by Gasteiger charge is -2.70. The van der Waals surface area contributed by atoms with E-state index in [2.05, 4.69) is 9.72 Å². The fourth-order valence-electron chi connectivity index (χ4n) is 4.81. The van der Waals surface area contributed by atoms with Crippen molar-refractivity contribution in [1.29, 1.82) is 0 Å². The van der Waals surface area contributed by atoms with Crippen molar-refractivity contribution >= 4 is 23.2 Å². The first-order chi connectivity index (χ1) is 15.5. The number of carbonyl (C=O) groups excluding carboxylic acids is 2. The Morgan fingerprint density at radius 1 is 1.09 bits per heavy atom. The summed E-state index contributed by atoms with van der Waals surface area (Å²) in [5, 5.41) is -0.0287. The number of ether oxygens (including phenoxy) is 2. The molecule has 2 bridgehead atoms. The molecule has 176 valence electrons. The lowest BCUT2D eigenvalue weighted by Crippen LogP contribution is -2.66. The van der Waals surface area contributed by atoms with Crippen molar-refractivity contribution in [1.82, 2.24) is 4.98 Å². The summed E-state index contributed by atoms with van der Waals surface area (Å²) < 4.78 is 59.9. The van der Waals surface area contributed by atoms with E-state index in [4.69, 9.17) is 16.3 Å². The largest absolute Gasteiger partial charge is 0.486 e. The normalized spacial score (nSPS) is 23.3. The molecule has 10 heteroatoms. The monoisotopic (exact) mass is 485 g/mol. The van der Waals surface area contributed by atoms with Gasteiger partial charge in [-0.25, -0.2) is 9.37 Å². The highest BCUT2D eigenvalue weighted by Gasteiger charge is 2.70. The third-order valence-corrected chi connectivity index (χ3v) is 6.45. The molecule has 0 amide bonds. The van der Waals surface area contributed by atoms with Crippen molar-refractivity contribution in [3.8, 4) is 11.6 Å². The highest BCUT2D eigenvalue weighted by atomic mass is 35.5. The Balaban J connectivity index is 1.21. The average molecular weight is 486 g/mol. The highest BCUT2D eigenvalue weighted by molar-refractivity contribution is 6.30. The van der Waals surface area contributed by atoms with Crippen LogP contribution in [0.3, 0.4) is 0 Å². The molecule has 33 heavy (non-hydrogen) atoms. The van der Waals surface area contributed by atoms with Crippen molar-refractivity contribution in [2.24, 2.45) is 10.8 Å². The van der Waals surface area contributed by atoms with Gasteiger partial charge < -0.3 is 9.47 Å². The van der Waals surface area contributed by atoms with E-state index < -0.39 is 24.0 Å². The number of benzene rings is 1. The van der Waals surface area contributed by atoms with E-state index in [0.29, 0.717) is 31.2 Å². The van der Waals surface area contributed by atoms with Gasteiger partial charge in [-0.3, -0.25) is 9.59 Å². The van der Waals surface area contributed by atoms with Crippen molar-refractivity contribution in [3.05, 3.63) is 52.9 Å². The number of hydrogen-bond acceptors (Lipinski definition) is 5. The number of aromatic nitrogens is 1. The number of nitrogens with zero attached hydrogens (tertiary/aromatic N) is 1. The van der Waals surface area contributed by atoms with Gasteiger partial charge in [0.05, 0.1) is 5.02 Å². The molecule has 3 fully saturated rings. The minimum Gasteiger partial charge on any atom is -0.486 e. The second kappa shape index (κ2) is 8.59. The van der Waals surface area contributed by atoms with Crippen LogP contribution in [0.1, 0.15) is 31.2 Å². The number of carbonyl (C=O) groups is 2. The van der Waals surface area contributed by atoms with Crippen LogP contribution in [-0.4, -0.2) is 35.9 Å². The zero-order valence-electron chi connectivity index (χ0n) is 17.4. The molecule has 0 N–H and O–H groups in total. The van der Waals surface area contributed by atoms with Gasteiger partial charge in [0.15, 0.2) is 12.4 Å². The standard InChI is InChI=1S/C23H20ClF4NO4/c24-17-3-2-16(6-18(17)25)32-9-15(30)7-21-10-22(11-21,12-21)19(31)5-14-1-4-20(29-8-14)33-13-23(26,27)28/h1-4,6,8H,5,7,9-13H2. The van der Waals surface area contributed by atoms with E-state index in [1.165, 1.54) is 30.5 Å². The van der Waals surface area contributed by atoms with E-state index >= 15 is 0 Å². The molecule has 0 spiro atoms. The summed E-state index contributed by atoms with van der Waals surface area (Å²) in [6, 6.07) is 6.79. The number of alkyl halides is 3. The van der Waals surface area contributed by atoms with Crippen molar-refractivity contribution in [2.45, 2.75) is 38.3 Å². The number of halogens is 5. The lowest BCUT2D eigenvalue weighted by molar-refractivity contribution is -0.207. The Bertz CT molecular complexity index is 1050. The fourth-order valence-corrected chi connectivity index (χ4v) is 4.93. The molecule has 3 saturated carbocycles. The van der Waals surface area contributed by atoms with Crippen LogP contribution in [0.15, 0.2) is 36.5 Å².